The van der Waals surface area contributed by atoms with Gasteiger partial charge in [-0.15, -0.1) is 12.4 Å². The molecule has 1 heterocycles. The van der Waals surface area contributed by atoms with E-state index in [0.29, 0.717) is 0 Å². The number of hydrogen-bond acceptors (Lipinski definition) is 3. The molecule has 1 aliphatic heterocycles. The van der Waals surface area contributed by atoms with Crippen molar-refractivity contribution in [2.75, 3.05) is 26.2 Å². The summed E-state index contributed by atoms with van der Waals surface area (Å²) in [4.78, 5) is 16.9. The minimum absolute atomic E-state index is 0. The molecule has 2 rings (SSSR count). The molecule has 1 aliphatic carbocycles. The third-order valence-corrected chi connectivity index (χ3v) is 4.45. The molecule has 0 aromatic rings. The monoisotopic (exact) mass is 289 g/mol. The molecule has 0 aromatic carbocycles. The Morgan fingerprint density at radius 1 is 1.26 bits per heavy atom. The fourth-order valence-electron chi connectivity index (χ4n) is 3.03. The molecule has 19 heavy (non-hydrogen) atoms. The fraction of sp³-hybridized carbons (Fsp3) is 0.929. The number of rotatable bonds is 4. The van der Waals surface area contributed by atoms with Gasteiger partial charge in [0.2, 0.25) is 5.91 Å². The van der Waals surface area contributed by atoms with Crippen LogP contribution in [0, 0.1) is 0 Å². The van der Waals surface area contributed by atoms with Crippen molar-refractivity contribution in [2.45, 2.75) is 57.5 Å². The molecule has 112 valence electrons. The number of nitrogens with zero attached hydrogens (tertiary/aromatic N) is 2. The summed E-state index contributed by atoms with van der Waals surface area (Å²) >= 11 is 0. The summed E-state index contributed by atoms with van der Waals surface area (Å²) in [6.07, 6.45) is 5.80. The number of piperazine rings is 1. The first-order valence-corrected chi connectivity index (χ1v) is 7.37. The Kier molecular flexibility index (Phi) is 6.09. The maximum Gasteiger partial charge on any atom is 0.242 e. The van der Waals surface area contributed by atoms with Gasteiger partial charge in [0.15, 0.2) is 0 Å². The Morgan fingerprint density at radius 3 is 2.26 bits per heavy atom. The van der Waals surface area contributed by atoms with Crippen molar-refractivity contribution >= 4 is 18.3 Å². The van der Waals surface area contributed by atoms with Crippen molar-refractivity contribution in [3.63, 3.8) is 0 Å². The van der Waals surface area contributed by atoms with E-state index >= 15 is 0 Å². The zero-order chi connectivity index (χ0) is 13.2. The van der Waals surface area contributed by atoms with Crippen LogP contribution < -0.4 is 5.73 Å². The number of carbonyl (C=O) groups excluding carboxylic acids is 1. The standard InChI is InChI=1S/C14H27N3O.ClH/c1-3-7-14(2,15)13(18)17-10-8-16(9-11-17)12-5-4-6-12;/h12H,3-11,15H2,1-2H3;1H. The molecule has 2 N–H and O–H groups in total. The molecule has 1 atom stereocenters. The van der Waals surface area contributed by atoms with Crippen LogP contribution in [0.25, 0.3) is 0 Å². The van der Waals surface area contributed by atoms with Crippen LogP contribution >= 0.6 is 12.4 Å². The van der Waals surface area contributed by atoms with Crippen LogP contribution in [0.2, 0.25) is 0 Å². The summed E-state index contributed by atoms with van der Waals surface area (Å²) in [7, 11) is 0. The van der Waals surface area contributed by atoms with Gasteiger partial charge in [0.25, 0.3) is 0 Å². The number of amides is 1. The molecule has 5 heteroatoms. The predicted octanol–water partition coefficient (Wildman–Crippen LogP) is 1.62. The highest BCUT2D eigenvalue weighted by atomic mass is 35.5. The Bertz CT molecular complexity index is 297. The second kappa shape index (κ2) is 6.91. The third kappa shape index (κ3) is 3.83. The molecule has 1 amide bonds. The van der Waals surface area contributed by atoms with Gasteiger partial charge in [0.05, 0.1) is 5.54 Å². The molecule has 0 spiro atoms. The van der Waals surface area contributed by atoms with Gasteiger partial charge in [-0.1, -0.05) is 19.8 Å². The summed E-state index contributed by atoms with van der Waals surface area (Å²) in [5.41, 5.74) is 5.46. The first kappa shape index (κ1) is 16.7. The van der Waals surface area contributed by atoms with E-state index in [-0.39, 0.29) is 18.3 Å². The highest BCUT2D eigenvalue weighted by Gasteiger charge is 2.35. The van der Waals surface area contributed by atoms with Crippen molar-refractivity contribution < 1.29 is 4.79 Å². The molecule has 4 nitrogen and oxygen atoms in total. The maximum atomic E-state index is 12.4. The minimum atomic E-state index is -0.673. The number of nitrogens with two attached hydrogens (primary N) is 1. The predicted molar refractivity (Wildman–Crippen MR) is 80.5 cm³/mol. The van der Waals surface area contributed by atoms with Crippen LogP contribution in [0.4, 0.5) is 0 Å². The number of hydrogen-bond donors (Lipinski definition) is 1. The van der Waals surface area contributed by atoms with Crippen molar-refractivity contribution in [3.8, 4) is 0 Å². The number of halogens is 1. The van der Waals surface area contributed by atoms with Crippen molar-refractivity contribution in [2.24, 2.45) is 5.73 Å². The fourth-order valence-corrected chi connectivity index (χ4v) is 3.03. The van der Waals surface area contributed by atoms with Gasteiger partial charge in [-0.3, -0.25) is 9.69 Å². The second-order valence-corrected chi connectivity index (χ2v) is 6.08. The van der Waals surface area contributed by atoms with Crippen LogP contribution in [0.5, 0.6) is 0 Å². The van der Waals surface area contributed by atoms with Gasteiger partial charge in [0, 0.05) is 32.2 Å². The van der Waals surface area contributed by atoms with E-state index in [1.54, 1.807) is 0 Å². The molecule has 1 saturated heterocycles. The first-order chi connectivity index (χ1) is 8.54. The minimum Gasteiger partial charge on any atom is -0.339 e. The summed E-state index contributed by atoms with van der Waals surface area (Å²) in [5.74, 6) is 0.137. The highest BCUT2D eigenvalue weighted by molar-refractivity contribution is 5.86. The van der Waals surface area contributed by atoms with Gasteiger partial charge < -0.3 is 10.6 Å². The molecule has 0 bridgehead atoms. The van der Waals surface area contributed by atoms with Crippen LogP contribution in [0.1, 0.15) is 46.0 Å². The van der Waals surface area contributed by atoms with Gasteiger partial charge in [0.1, 0.15) is 0 Å². The molecule has 1 saturated carbocycles. The average molecular weight is 290 g/mol. The number of carbonyl (C=O) groups is 1. The summed E-state index contributed by atoms with van der Waals surface area (Å²) in [5, 5.41) is 0. The van der Waals surface area contributed by atoms with Crippen molar-refractivity contribution in [3.05, 3.63) is 0 Å². The second-order valence-electron chi connectivity index (χ2n) is 6.08. The van der Waals surface area contributed by atoms with E-state index in [4.69, 9.17) is 5.73 Å². The van der Waals surface area contributed by atoms with Crippen molar-refractivity contribution in [1.29, 1.82) is 0 Å². The van der Waals surface area contributed by atoms with E-state index in [9.17, 15) is 4.79 Å². The van der Waals surface area contributed by atoms with E-state index in [0.717, 1.165) is 45.1 Å². The lowest BCUT2D eigenvalue weighted by atomic mass is 9.90. The highest BCUT2D eigenvalue weighted by Crippen LogP contribution is 2.26. The van der Waals surface area contributed by atoms with Gasteiger partial charge in [-0.25, -0.2) is 0 Å². The van der Waals surface area contributed by atoms with E-state index in [2.05, 4.69) is 11.8 Å². The van der Waals surface area contributed by atoms with E-state index in [1.807, 2.05) is 11.8 Å². The molecular weight excluding hydrogens is 262 g/mol. The van der Waals surface area contributed by atoms with Crippen molar-refractivity contribution in [1.82, 2.24) is 9.80 Å². The van der Waals surface area contributed by atoms with Crippen LogP contribution in [0.15, 0.2) is 0 Å². The SMILES string of the molecule is CCCC(C)(N)C(=O)N1CCN(C2CCC2)CC1.Cl. The molecule has 0 aromatic heterocycles. The Morgan fingerprint density at radius 2 is 1.84 bits per heavy atom. The Hall–Kier alpha value is -0.320. The summed E-state index contributed by atoms with van der Waals surface area (Å²) in [6.45, 7) is 7.71. The summed E-state index contributed by atoms with van der Waals surface area (Å²) in [6, 6.07) is 0.794. The largest absolute Gasteiger partial charge is 0.339 e. The molecule has 0 radical (unpaired) electrons. The van der Waals surface area contributed by atoms with Crippen LogP contribution in [-0.2, 0) is 4.79 Å². The zero-order valence-electron chi connectivity index (χ0n) is 12.2. The van der Waals surface area contributed by atoms with Crippen LogP contribution in [-0.4, -0.2) is 53.5 Å². The lowest BCUT2D eigenvalue weighted by molar-refractivity contribution is -0.139. The zero-order valence-corrected chi connectivity index (χ0v) is 13.0. The average Bonchev–Trinajstić information content (AvgIpc) is 2.27. The first-order valence-electron chi connectivity index (χ1n) is 7.37. The maximum absolute atomic E-state index is 12.4. The lowest BCUT2D eigenvalue weighted by Crippen LogP contribution is -2.59. The Labute approximate surface area is 123 Å². The van der Waals surface area contributed by atoms with Gasteiger partial charge in [-0.2, -0.15) is 0 Å². The molecule has 1 unspecified atom stereocenters. The Balaban J connectivity index is 0.00000180. The van der Waals surface area contributed by atoms with Gasteiger partial charge in [-0.05, 0) is 26.2 Å². The molecule has 2 fully saturated rings. The normalized spacial score (nSPS) is 24.3. The molecular formula is C14H28ClN3O. The lowest BCUT2D eigenvalue weighted by Gasteiger charge is -2.44. The quantitative estimate of drug-likeness (QED) is 0.856. The van der Waals surface area contributed by atoms with Gasteiger partial charge >= 0.3 is 0 Å². The third-order valence-electron chi connectivity index (χ3n) is 4.45. The van der Waals surface area contributed by atoms with Crippen LogP contribution in [0.3, 0.4) is 0 Å². The van der Waals surface area contributed by atoms with E-state index < -0.39 is 5.54 Å². The summed E-state index contributed by atoms with van der Waals surface area (Å²) < 4.78 is 0. The van der Waals surface area contributed by atoms with E-state index in [1.165, 1.54) is 19.3 Å². The topological polar surface area (TPSA) is 49.6 Å². The smallest absolute Gasteiger partial charge is 0.242 e. The molecule has 2 aliphatic rings.